The van der Waals surface area contributed by atoms with Gasteiger partial charge in [-0.25, -0.2) is 0 Å². The molecule has 1 unspecified atom stereocenters. The largest absolute Gasteiger partial charge is 0.462 e. The van der Waals surface area contributed by atoms with E-state index in [0.717, 1.165) is 77.0 Å². The van der Waals surface area contributed by atoms with Crippen LogP contribution < -0.4 is 0 Å². The number of carbonyl (C=O) groups excluding carboxylic acids is 3. The molecule has 438 valence electrons. The molecule has 0 aromatic heterocycles. The summed E-state index contributed by atoms with van der Waals surface area (Å²) < 4.78 is 16.9. The monoisotopic (exact) mass is 1060 g/mol. The zero-order valence-corrected chi connectivity index (χ0v) is 50.3. The molecular weight excluding hydrogens is 937 g/mol. The van der Waals surface area contributed by atoms with E-state index in [1.807, 2.05) is 6.08 Å². The molecule has 6 nitrogen and oxygen atoms in total. The summed E-state index contributed by atoms with van der Waals surface area (Å²) in [5.74, 6) is -0.980. The highest BCUT2D eigenvalue weighted by atomic mass is 16.6. The van der Waals surface area contributed by atoms with Crippen LogP contribution in [0.2, 0.25) is 0 Å². The van der Waals surface area contributed by atoms with Gasteiger partial charge in [-0.15, -0.1) is 0 Å². The van der Waals surface area contributed by atoms with Crippen molar-refractivity contribution in [2.75, 3.05) is 13.2 Å². The van der Waals surface area contributed by atoms with Gasteiger partial charge >= 0.3 is 17.9 Å². The lowest BCUT2D eigenvalue weighted by Crippen LogP contribution is -2.30. The second-order valence-electron chi connectivity index (χ2n) is 21.6. The Balaban J connectivity index is 4.43. The second-order valence-corrected chi connectivity index (χ2v) is 21.6. The number of hydrogen-bond acceptors (Lipinski definition) is 6. The molecule has 0 aliphatic rings. The van der Waals surface area contributed by atoms with E-state index in [1.165, 1.54) is 199 Å². The van der Waals surface area contributed by atoms with Crippen LogP contribution in [0.5, 0.6) is 0 Å². The average Bonchev–Trinajstić information content (AvgIpc) is 3.42. The minimum atomic E-state index is -0.819. The van der Waals surface area contributed by atoms with E-state index in [0.29, 0.717) is 19.3 Å². The van der Waals surface area contributed by atoms with Crippen molar-refractivity contribution in [2.45, 2.75) is 329 Å². The van der Waals surface area contributed by atoms with Gasteiger partial charge in [-0.2, -0.15) is 0 Å². The van der Waals surface area contributed by atoms with Crippen molar-refractivity contribution in [3.8, 4) is 0 Å². The summed E-state index contributed by atoms with van der Waals surface area (Å²) in [5, 5.41) is 0. The molecule has 0 saturated carbocycles. The zero-order chi connectivity index (χ0) is 55.0. The van der Waals surface area contributed by atoms with Crippen LogP contribution in [-0.2, 0) is 28.6 Å². The molecule has 0 aromatic rings. The number of rotatable bonds is 59. The van der Waals surface area contributed by atoms with Gasteiger partial charge in [0, 0.05) is 19.3 Å². The molecule has 0 amide bonds. The fourth-order valence-electron chi connectivity index (χ4n) is 9.29. The van der Waals surface area contributed by atoms with Crippen LogP contribution in [0, 0.1) is 0 Å². The number of carbonyl (C=O) groups is 3. The van der Waals surface area contributed by atoms with E-state index < -0.39 is 6.10 Å². The van der Waals surface area contributed by atoms with E-state index in [9.17, 15) is 14.4 Å². The maximum absolute atomic E-state index is 12.9. The van der Waals surface area contributed by atoms with Gasteiger partial charge in [0.05, 0.1) is 0 Å². The molecular formula is C70H122O6. The van der Waals surface area contributed by atoms with Crippen LogP contribution >= 0.6 is 0 Å². The van der Waals surface area contributed by atoms with Crippen molar-refractivity contribution in [1.29, 1.82) is 0 Å². The Morgan fingerprint density at radius 3 is 0.855 bits per heavy atom. The summed E-state index contributed by atoms with van der Waals surface area (Å²) in [4.78, 5) is 38.3. The predicted octanol–water partition coefficient (Wildman–Crippen LogP) is 22.3. The van der Waals surface area contributed by atoms with Gasteiger partial charge in [-0.1, -0.05) is 305 Å². The molecule has 0 N–H and O–H groups in total. The van der Waals surface area contributed by atoms with Gasteiger partial charge in [-0.3, -0.25) is 14.4 Å². The molecule has 0 rings (SSSR count). The van der Waals surface area contributed by atoms with Crippen LogP contribution in [0.25, 0.3) is 0 Å². The summed E-state index contributed by atoms with van der Waals surface area (Å²) in [5.41, 5.74) is 0. The van der Waals surface area contributed by atoms with Crippen LogP contribution in [-0.4, -0.2) is 37.2 Å². The third-order valence-electron chi connectivity index (χ3n) is 14.1. The smallest absolute Gasteiger partial charge is 0.306 e. The lowest BCUT2D eigenvalue weighted by molar-refractivity contribution is -0.166. The molecule has 76 heavy (non-hydrogen) atoms. The Hall–Kier alpha value is -3.41. The van der Waals surface area contributed by atoms with Gasteiger partial charge in [0.15, 0.2) is 6.10 Å². The Morgan fingerprint density at radius 2 is 0.539 bits per heavy atom. The standard InChI is InChI=1S/C70H122O6/c1-4-7-10-13-16-19-22-25-28-31-33-34-35-37-39-42-45-48-51-54-57-60-63-69(72)75-66-67(65-74-68(71)62-59-56-53-50-47-44-41-38-30-27-24-21-18-15-12-9-6-3)76-70(73)64-61-58-55-52-49-46-43-40-36-32-29-26-23-20-17-14-11-8-5-2/h8,11,17,20,26-27,29-30,36,40,46,49,55,58,67H,4-7,9-10,12-16,18-19,21-25,28,31-35,37-39,41-45,47-48,50-54,56-57,59-66H2,1-3H3/b11-8-,20-17-,29-26-,30-27-,40-36-,49-46-,58-55-. The molecule has 0 aromatic carbocycles. The van der Waals surface area contributed by atoms with Crippen LogP contribution in [0.3, 0.4) is 0 Å². The van der Waals surface area contributed by atoms with E-state index in [-0.39, 0.29) is 37.5 Å². The molecule has 0 fully saturated rings. The zero-order valence-electron chi connectivity index (χ0n) is 50.3. The molecule has 0 saturated heterocycles. The first-order valence-corrected chi connectivity index (χ1v) is 32.6. The van der Waals surface area contributed by atoms with E-state index in [1.54, 1.807) is 0 Å². The maximum atomic E-state index is 12.9. The molecule has 1 atom stereocenters. The molecule has 6 heteroatoms. The normalized spacial score (nSPS) is 12.6. The number of unbranched alkanes of at least 4 members (excludes halogenated alkanes) is 34. The van der Waals surface area contributed by atoms with Gasteiger partial charge < -0.3 is 14.2 Å². The lowest BCUT2D eigenvalue weighted by Gasteiger charge is -2.18. The molecule has 0 spiro atoms. The Labute approximate surface area is 471 Å². The first-order valence-electron chi connectivity index (χ1n) is 32.6. The van der Waals surface area contributed by atoms with Crippen molar-refractivity contribution in [1.82, 2.24) is 0 Å². The van der Waals surface area contributed by atoms with Crippen molar-refractivity contribution < 1.29 is 28.6 Å². The maximum Gasteiger partial charge on any atom is 0.306 e. The quantitative estimate of drug-likeness (QED) is 0.0261. The van der Waals surface area contributed by atoms with Crippen LogP contribution in [0.1, 0.15) is 323 Å². The summed E-state index contributed by atoms with van der Waals surface area (Å²) in [6.45, 7) is 6.50. The minimum Gasteiger partial charge on any atom is -0.462 e. The third-order valence-corrected chi connectivity index (χ3v) is 14.1. The number of ether oxygens (including phenoxy) is 3. The van der Waals surface area contributed by atoms with Gasteiger partial charge in [0.1, 0.15) is 13.2 Å². The number of allylic oxidation sites excluding steroid dienone is 14. The summed E-state index contributed by atoms with van der Waals surface area (Å²) >= 11 is 0. The number of hydrogen-bond donors (Lipinski definition) is 0. The molecule has 0 heterocycles. The van der Waals surface area contributed by atoms with Gasteiger partial charge in [0.2, 0.25) is 0 Å². The average molecular weight is 1060 g/mol. The van der Waals surface area contributed by atoms with Crippen LogP contribution in [0.4, 0.5) is 0 Å². The highest BCUT2D eigenvalue weighted by Gasteiger charge is 2.19. The SMILES string of the molecule is CC/C=C\C/C=C\C/C=C\C/C=C\C/C=C\C/C=C\CCC(=O)OC(COC(=O)CCCCCCCCC/C=C\CCCCCCCC)COC(=O)CCCCCCCCCCCCCCCCCCCCCCCC. The second kappa shape index (κ2) is 64.1. The van der Waals surface area contributed by atoms with Crippen molar-refractivity contribution in [3.63, 3.8) is 0 Å². The minimum absolute atomic E-state index is 0.105. The van der Waals surface area contributed by atoms with E-state index in [2.05, 4.69) is 99.8 Å². The molecule has 0 radical (unpaired) electrons. The lowest BCUT2D eigenvalue weighted by atomic mass is 10.0. The van der Waals surface area contributed by atoms with Crippen molar-refractivity contribution in [3.05, 3.63) is 85.1 Å². The highest BCUT2D eigenvalue weighted by Crippen LogP contribution is 2.17. The van der Waals surface area contributed by atoms with Gasteiger partial charge in [0.25, 0.3) is 0 Å². The summed E-state index contributed by atoms with van der Waals surface area (Å²) in [7, 11) is 0. The Kier molecular flexibility index (Phi) is 61.2. The van der Waals surface area contributed by atoms with Gasteiger partial charge in [-0.05, 0) is 83.5 Å². The van der Waals surface area contributed by atoms with Crippen LogP contribution in [0.15, 0.2) is 85.1 Å². The first-order chi connectivity index (χ1) is 37.5. The number of esters is 3. The van der Waals surface area contributed by atoms with Crippen molar-refractivity contribution in [2.24, 2.45) is 0 Å². The highest BCUT2D eigenvalue weighted by molar-refractivity contribution is 5.71. The first kappa shape index (κ1) is 72.6. The summed E-state index contributed by atoms with van der Waals surface area (Å²) in [6, 6.07) is 0. The molecule has 0 bridgehead atoms. The molecule has 0 aliphatic heterocycles. The van der Waals surface area contributed by atoms with E-state index in [4.69, 9.17) is 14.2 Å². The Morgan fingerprint density at radius 1 is 0.276 bits per heavy atom. The third kappa shape index (κ3) is 61.4. The Bertz CT molecular complexity index is 1450. The topological polar surface area (TPSA) is 78.9 Å². The summed E-state index contributed by atoms with van der Waals surface area (Å²) in [6.07, 6.45) is 84.6. The van der Waals surface area contributed by atoms with E-state index >= 15 is 0 Å². The predicted molar refractivity (Wildman–Crippen MR) is 330 cm³/mol. The molecule has 0 aliphatic carbocycles. The fraction of sp³-hybridized carbons (Fsp3) is 0.757. The fourth-order valence-corrected chi connectivity index (χ4v) is 9.29. The van der Waals surface area contributed by atoms with Crippen molar-refractivity contribution >= 4 is 17.9 Å².